The number of halogens is 1. The summed E-state index contributed by atoms with van der Waals surface area (Å²) < 4.78 is 5.28. The van der Waals surface area contributed by atoms with E-state index in [1.807, 2.05) is 55.5 Å². The van der Waals surface area contributed by atoms with Crippen LogP contribution in [-0.4, -0.2) is 37.2 Å². The zero-order chi connectivity index (χ0) is 21.1. The molecule has 1 atom stereocenters. The molecular weight excluding hydrogens is 495 g/mol. The summed E-state index contributed by atoms with van der Waals surface area (Å²) in [7, 11) is 1.57. The Balaban J connectivity index is 0.00000450. The third-order valence-corrected chi connectivity index (χ3v) is 4.23. The van der Waals surface area contributed by atoms with E-state index in [9.17, 15) is 9.90 Å². The molecule has 0 fully saturated rings. The number of carbonyl (C=O) groups is 1. The van der Waals surface area contributed by atoms with E-state index in [0.717, 1.165) is 17.7 Å². The fourth-order valence-electron chi connectivity index (χ4n) is 2.82. The van der Waals surface area contributed by atoms with Gasteiger partial charge in [0.05, 0.1) is 25.4 Å². The van der Waals surface area contributed by atoms with Gasteiger partial charge in [0.25, 0.3) is 0 Å². The van der Waals surface area contributed by atoms with Crippen molar-refractivity contribution in [1.82, 2.24) is 10.6 Å². The molecule has 7 nitrogen and oxygen atoms in total. The molecule has 0 aliphatic heterocycles. The summed E-state index contributed by atoms with van der Waals surface area (Å²) in [5.74, 6) is 1.12. The maximum Gasteiger partial charge on any atom is 0.221 e. The van der Waals surface area contributed by atoms with Crippen molar-refractivity contribution in [3.63, 3.8) is 0 Å². The number of nitrogens with zero attached hydrogens (tertiary/aromatic N) is 1. The van der Waals surface area contributed by atoms with E-state index in [1.165, 1.54) is 6.92 Å². The second-order valence-electron chi connectivity index (χ2n) is 6.55. The summed E-state index contributed by atoms with van der Waals surface area (Å²) >= 11 is 0. The minimum absolute atomic E-state index is 0. The van der Waals surface area contributed by atoms with Crippen molar-refractivity contribution in [3.05, 3.63) is 59.7 Å². The maximum atomic E-state index is 11.4. The zero-order valence-corrected chi connectivity index (χ0v) is 20.0. The number of aliphatic imine (C=N–C) groups is 1. The summed E-state index contributed by atoms with van der Waals surface area (Å²) in [6.07, 6.45) is 0.0530. The number of guanidine groups is 1. The van der Waals surface area contributed by atoms with Crippen LogP contribution in [0, 0.1) is 0 Å². The number of rotatable bonds is 9. The number of anilines is 1. The van der Waals surface area contributed by atoms with Gasteiger partial charge in [0.1, 0.15) is 5.75 Å². The predicted molar refractivity (Wildman–Crippen MR) is 132 cm³/mol. The van der Waals surface area contributed by atoms with Crippen molar-refractivity contribution in [1.29, 1.82) is 0 Å². The molecule has 0 aliphatic carbocycles. The van der Waals surface area contributed by atoms with Gasteiger partial charge in [-0.25, -0.2) is 4.99 Å². The summed E-state index contributed by atoms with van der Waals surface area (Å²) in [5, 5.41) is 19.5. The summed E-state index contributed by atoms with van der Waals surface area (Å²) in [4.78, 5) is 16.0. The zero-order valence-electron chi connectivity index (χ0n) is 17.6. The van der Waals surface area contributed by atoms with E-state index < -0.39 is 6.10 Å². The van der Waals surface area contributed by atoms with E-state index in [0.29, 0.717) is 36.9 Å². The quantitative estimate of drug-likeness (QED) is 0.228. The molecule has 0 radical (unpaired) electrons. The van der Waals surface area contributed by atoms with Gasteiger partial charge in [-0.05, 0) is 36.6 Å². The minimum Gasteiger partial charge on any atom is -0.495 e. The van der Waals surface area contributed by atoms with Crippen molar-refractivity contribution in [2.75, 3.05) is 25.5 Å². The Labute approximate surface area is 195 Å². The van der Waals surface area contributed by atoms with Crippen LogP contribution in [0.1, 0.15) is 37.5 Å². The number of methoxy groups -OCH3 is 1. The van der Waals surface area contributed by atoms with Crippen molar-refractivity contribution < 1.29 is 14.6 Å². The number of hydrogen-bond donors (Lipinski definition) is 4. The molecule has 0 saturated heterocycles. The van der Waals surface area contributed by atoms with E-state index in [4.69, 9.17) is 4.74 Å². The average molecular weight is 526 g/mol. The second-order valence-corrected chi connectivity index (χ2v) is 6.55. The normalized spacial score (nSPS) is 11.8. The van der Waals surface area contributed by atoms with Crippen molar-refractivity contribution in [2.24, 2.45) is 4.99 Å². The predicted octanol–water partition coefficient (Wildman–Crippen LogP) is 3.45. The van der Waals surface area contributed by atoms with Crippen LogP contribution in [0.25, 0.3) is 0 Å². The third kappa shape index (κ3) is 8.58. The molecule has 0 bridgehead atoms. The average Bonchev–Trinajstić information content (AvgIpc) is 2.72. The fraction of sp³-hybridized carbons (Fsp3) is 0.364. The molecule has 2 aromatic rings. The van der Waals surface area contributed by atoms with E-state index in [-0.39, 0.29) is 29.9 Å². The molecule has 0 saturated carbocycles. The summed E-state index contributed by atoms with van der Waals surface area (Å²) in [6, 6.07) is 15.2. The first-order chi connectivity index (χ1) is 14.0. The number of aliphatic hydroxyl groups is 1. The van der Waals surface area contributed by atoms with Crippen molar-refractivity contribution in [2.45, 2.75) is 32.9 Å². The van der Waals surface area contributed by atoms with Gasteiger partial charge in [0.2, 0.25) is 5.91 Å². The van der Waals surface area contributed by atoms with Crippen molar-refractivity contribution >= 4 is 41.5 Å². The summed E-state index contributed by atoms with van der Waals surface area (Å²) in [6.45, 7) is 5.21. The van der Waals surface area contributed by atoms with E-state index in [1.54, 1.807) is 7.11 Å². The molecule has 0 aliphatic rings. The Kier molecular flexibility index (Phi) is 11.8. The number of benzene rings is 2. The van der Waals surface area contributed by atoms with E-state index >= 15 is 0 Å². The largest absolute Gasteiger partial charge is 0.495 e. The first kappa shape index (κ1) is 25.7. The molecule has 8 heteroatoms. The first-order valence-electron chi connectivity index (χ1n) is 9.73. The Hall–Kier alpha value is -2.33. The van der Waals surface area contributed by atoms with Crippen molar-refractivity contribution in [3.8, 4) is 5.75 Å². The Bertz CT molecular complexity index is 815. The smallest absolute Gasteiger partial charge is 0.221 e. The number of carbonyl (C=O) groups excluding carboxylic acids is 1. The number of aliphatic hydroxyl groups excluding tert-OH is 1. The molecule has 2 aromatic carbocycles. The van der Waals surface area contributed by atoms with Gasteiger partial charge in [0, 0.05) is 20.0 Å². The Morgan fingerprint density at radius 1 is 1.17 bits per heavy atom. The maximum absolute atomic E-state index is 11.4. The lowest BCUT2D eigenvalue weighted by atomic mass is 10.1. The third-order valence-electron chi connectivity index (χ3n) is 4.23. The van der Waals surface area contributed by atoms with Gasteiger partial charge in [-0.15, -0.1) is 24.0 Å². The number of amides is 1. The Morgan fingerprint density at radius 3 is 2.53 bits per heavy atom. The van der Waals surface area contributed by atoms with Crippen LogP contribution in [0.3, 0.4) is 0 Å². The number of hydrogen-bond acceptors (Lipinski definition) is 4. The van der Waals surface area contributed by atoms with Gasteiger partial charge in [0.15, 0.2) is 5.96 Å². The standard InChI is InChI=1S/C22H30N4O3.HI/c1-4-23-22(24-13-12-20(28)18-8-6-5-7-9-18)25-15-17-10-11-21(29-3)19(14-17)26-16(2)27;/h5-11,14,20,28H,4,12-13,15H2,1-3H3,(H,26,27)(H2,23,24,25);1H. The molecule has 0 spiro atoms. The van der Waals surface area contributed by atoms with Gasteiger partial charge in [-0.1, -0.05) is 36.4 Å². The van der Waals surface area contributed by atoms with Gasteiger partial charge in [-0.2, -0.15) is 0 Å². The van der Waals surface area contributed by atoms with Gasteiger partial charge in [-0.3, -0.25) is 4.79 Å². The molecule has 0 aromatic heterocycles. The second kappa shape index (κ2) is 13.8. The highest BCUT2D eigenvalue weighted by molar-refractivity contribution is 14.0. The lowest BCUT2D eigenvalue weighted by Crippen LogP contribution is -2.38. The number of ether oxygens (including phenoxy) is 1. The molecule has 4 N–H and O–H groups in total. The van der Waals surface area contributed by atoms with Crippen LogP contribution in [0.15, 0.2) is 53.5 Å². The number of nitrogens with one attached hydrogen (secondary N) is 3. The molecular formula is C22H31IN4O3. The molecule has 30 heavy (non-hydrogen) atoms. The van der Waals surface area contributed by atoms with Crippen LogP contribution >= 0.6 is 24.0 Å². The highest BCUT2D eigenvalue weighted by Crippen LogP contribution is 2.25. The lowest BCUT2D eigenvalue weighted by Gasteiger charge is -2.15. The molecule has 1 unspecified atom stereocenters. The topological polar surface area (TPSA) is 95.0 Å². The van der Waals surface area contributed by atoms with Gasteiger partial charge < -0.3 is 25.8 Å². The SMILES string of the molecule is CCNC(=NCc1ccc(OC)c(NC(C)=O)c1)NCCC(O)c1ccccc1.I. The van der Waals surface area contributed by atoms with Crippen LogP contribution in [0.2, 0.25) is 0 Å². The highest BCUT2D eigenvalue weighted by atomic mass is 127. The van der Waals surface area contributed by atoms with E-state index in [2.05, 4.69) is 20.9 Å². The monoisotopic (exact) mass is 526 g/mol. The summed E-state index contributed by atoms with van der Waals surface area (Å²) in [5.41, 5.74) is 2.47. The van der Waals surface area contributed by atoms with Crippen LogP contribution in [0.4, 0.5) is 5.69 Å². The van der Waals surface area contributed by atoms with Crippen LogP contribution in [-0.2, 0) is 11.3 Å². The molecule has 1 amide bonds. The van der Waals surface area contributed by atoms with Gasteiger partial charge >= 0.3 is 0 Å². The van der Waals surface area contributed by atoms with Crippen LogP contribution in [0.5, 0.6) is 5.75 Å². The minimum atomic E-state index is -0.520. The Morgan fingerprint density at radius 2 is 1.90 bits per heavy atom. The molecule has 164 valence electrons. The highest BCUT2D eigenvalue weighted by Gasteiger charge is 2.08. The molecule has 0 heterocycles. The van der Waals surface area contributed by atoms with Crippen LogP contribution < -0.4 is 20.7 Å². The molecule has 2 rings (SSSR count). The lowest BCUT2D eigenvalue weighted by molar-refractivity contribution is -0.114. The fourth-order valence-corrected chi connectivity index (χ4v) is 2.82. The first-order valence-corrected chi connectivity index (χ1v) is 9.73.